The lowest BCUT2D eigenvalue weighted by Crippen LogP contribution is -2.20. The van der Waals surface area contributed by atoms with Gasteiger partial charge in [-0.1, -0.05) is 35.5 Å². The molecule has 4 nitrogen and oxygen atoms in total. The molecule has 4 heteroatoms. The summed E-state index contributed by atoms with van der Waals surface area (Å²) in [7, 11) is 0. The van der Waals surface area contributed by atoms with E-state index >= 15 is 0 Å². The smallest absolute Gasteiger partial charge is 0.221 e. The molecule has 0 saturated carbocycles. The Morgan fingerprint density at radius 1 is 1.27 bits per heavy atom. The molecule has 1 aromatic heterocycles. The van der Waals surface area contributed by atoms with Crippen LogP contribution in [0.5, 0.6) is 0 Å². The summed E-state index contributed by atoms with van der Waals surface area (Å²) in [5.41, 5.74) is 6.56. The number of rotatable bonds is 3. The van der Waals surface area contributed by atoms with Gasteiger partial charge in [0.15, 0.2) is 0 Å². The third-order valence-corrected chi connectivity index (χ3v) is 2.12. The van der Waals surface area contributed by atoms with E-state index in [1.54, 1.807) is 12.1 Å². The quantitative estimate of drug-likeness (QED) is 0.767. The summed E-state index contributed by atoms with van der Waals surface area (Å²) in [5, 5.41) is 3.47. The highest BCUT2D eigenvalue weighted by atomic mass is 16.5. The standard InChI is InChI=1S/C11H10N2O2/c12-10(8-4-2-1-3-5-8)11(14)9-6-7-13-15-9/h1-7,10H,12H2. The van der Waals surface area contributed by atoms with Crippen molar-refractivity contribution in [1.29, 1.82) is 0 Å². The van der Waals surface area contributed by atoms with Gasteiger partial charge in [0.2, 0.25) is 11.5 Å². The van der Waals surface area contributed by atoms with E-state index in [1.807, 2.05) is 18.2 Å². The summed E-state index contributed by atoms with van der Waals surface area (Å²) in [6.45, 7) is 0. The Bertz CT molecular complexity index is 437. The maximum atomic E-state index is 11.7. The fraction of sp³-hybridized carbons (Fsp3) is 0.0909. The van der Waals surface area contributed by atoms with Gasteiger partial charge in [-0.05, 0) is 5.56 Å². The molecule has 2 rings (SSSR count). The predicted molar refractivity (Wildman–Crippen MR) is 54.2 cm³/mol. The van der Waals surface area contributed by atoms with Crippen molar-refractivity contribution < 1.29 is 9.32 Å². The van der Waals surface area contributed by atoms with Crippen LogP contribution in [0.15, 0.2) is 47.1 Å². The highest BCUT2D eigenvalue weighted by molar-refractivity contribution is 5.98. The zero-order chi connectivity index (χ0) is 10.7. The van der Waals surface area contributed by atoms with Gasteiger partial charge in [-0.15, -0.1) is 0 Å². The van der Waals surface area contributed by atoms with Gasteiger partial charge in [-0.3, -0.25) is 4.79 Å². The number of carbonyl (C=O) groups excluding carboxylic acids is 1. The Balaban J connectivity index is 2.23. The van der Waals surface area contributed by atoms with Gasteiger partial charge >= 0.3 is 0 Å². The van der Waals surface area contributed by atoms with Crippen LogP contribution >= 0.6 is 0 Å². The van der Waals surface area contributed by atoms with Crippen molar-refractivity contribution >= 4 is 5.78 Å². The molecule has 0 amide bonds. The Morgan fingerprint density at radius 3 is 2.60 bits per heavy atom. The summed E-state index contributed by atoms with van der Waals surface area (Å²) in [5.74, 6) is -0.0787. The van der Waals surface area contributed by atoms with E-state index in [0.29, 0.717) is 0 Å². The van der Waals surface area contributed by atoms with E-state index < -0.39 is 6.04 Å². The lowest BCUT2D eigenvalue weighted by atomic mass is 10.0. The zero-order valence-corrected chi connectivity index (χ0v) is 7.96. The summed E-state index contributed by atoms with van der Waals surface area (Å²) in [6, 6.07) is 9.96. The van der Waals surface area contributed by atoms with Crippen LogP contribution in [-0.4, -0.2) is 10.9 Å². The normalized spacial score (nSPS) is 12.3. The fourth-order valence-corrected chi connectivity index (χ4v) is 1.31. The van der Waals surface area contributed by atoms with Gasteiger partial charge in [0.05, 0.1) is 12.2 Å². The van der Waals surface area contributed by atoms with Crippen molar-refractivity contribution in [2.75, 3.05) is 0 Å². The van der Waals surface area contributed by atoms with Gasteiger partial charge in [0, 0.05) is 6.07 Å². The first kappa shape index (κ1) is 9.61. The molecule has 1 heterocycles. The van der Waals surface area contributed by atoms with Crippen molar-refractivity contribution in [3.8, 4) is 0 Å². The number of carbonyl (C=O) groups is 1. The molecule has 0 aliphatic rings. The lowest BCUT2D eigenvalue weighted by molar-refractivity contribution is 0.0925. The van der Waals surface area contributed by atoms with Gasteiger partial charge in [-0.25, -0.2) is 0 Å². The van der Waals surface area contributed by atoms with Crippen LogP contribution in [0.25, 0.3) is 0 Å². The molecule has 1 unspecified atom stereocenters. The highest BCUT2D eigenvalue weighted by Gasteiger charge is 2.20. The van der Waals surface area contributed by atoms with E-state index in [0.717, 1.165) is 5.56 Å². The number of aromatic nitrogens is 1. The number of Topliss-reactive ketones (excluding diaryl/α,β-unsaturated/α-hetero) is 1. The molecule has 0 radical (unpaired) electrons. The van der Waals surface area contributed by atoms with Crippen molar-refractivity contribution in [1.82, 2.24) is 5.16 Å². The molecule has 2 N–H and O–H groups in total. The van der Waals surface area contributed by atoms with E-state index in [2.05, 4.69) is 5.16 Å². The van der Waals surface area contributed by atoms with Crippen molar-refractivity contribution in [2.24, 2.45) is 5.73 Å². The topological polar surface area (TPSA) is 69.1 Å². The minimum atomic E-state index is -0.695. The van der Waals surface area contributed by atoms with Crippen LogP contribution in [0, 0.1) is 0 Å². The van der Waals surface area contributed by atoms with Crippen LogP contribution in [0.3, 0.4) is 0 Å². The van der Waals surface area contributed by atoms with E-state index in [4.69, 9.17) is 10.3 Å². The number of hydrogen-bond donors (Lipinski definition) is 1. The number of nitrogens with two attached hydrogens (primary N) is 1. The Kier molecular flexibility index (Phi) is 2.60. The first-order valence-corrected chi connectivity index (χ1v) is 4.54. The molecule has 1 aromatic carbocycles. The first-order chi connectivity index (χ1) is 7.29. The van der Waals surface area contributed by atoms with Gasteiger partial charge in [-0.2, -0.15) is 0 Å². The Labute approximate surface area is 86.7 Å². The zero-order valence-electron chi connectivity index (χ0n) is 7.96. The monoisotopic (exact) mass is 202 g/mol. The molecule has 1 atom stereocenters. The van der Waals surface area contributed by atoms with Crippen LogP contribution in [-0.2, 0) is 0 Å². The Morgan fingerprint density at radius 2 is 2.00 bits per heavy atom. The summed E-state index contributed by atoms with van der Waals surface area (Å²) >= 11 is 0. The summed E-state index contributed by atoms with van der Waals surface area (Å²) in [4.78, 5) is 11.7. The maximum Gasteiger partial charge on any atom is 0.221 e. The van der Waals surface area contributed by atoms with E-state index in [-0.39, 0.29) is 11.5 Å². The minimum absolute atomic E-state index is 0.186. The van der Waals surface area contributed by atoms with Crippen molar-refractivity contribution in [3.63, 3.8) is 0 Å². The lowest BCUT2D eigenvalue weighted by Gasteiger charge is -2.07. The molecule has 0 aliphatic carbocycles. The number of hydrogen-bond acceptors (Lipinski definition) is 4. The second-order valence-electron chi connectivity index (χ2n) is 3.13. The third kappa shape index (κ3) is 1.94. The second-order valence-corrected chi connectivity index (χ2v) is 3.13. The molecular weight excluding hydrogens is 192 g/mol. The molecule has 76 valence electrons. The number of ketones is 1. The van der Waals surface area contributed by atoms with Crippen LogP contribution < -0.4 is 5.73 Å². The molecule has 0 bridgehead atoms. The molecule has 0 spiro atoms. The predicted octanol–water partition coefficient (Wildman–Crippen LogP) is 1.56. The van der Waals surface area contributed by atoms with E-state index in [9.17, 15) is 4.79 Å². The average Bonchev–Trinajstić information content (AvgIpc) is 2.82. The highest BCUT2D eigenvalue weighted by Crippen LogP contribution is 2.15. The van der Waals surface area contributed by atoms with Crippen molar-refractivity contribution in [2.45, 2.75) is 6.04 Å². The number of benzene rings is 1. The molecular formula is C11H10N2O2. The molecule has 15 heavy (non-hydrogen) atoms. The van der Waals surface area contributed by atoms with Crippen LogP contribution in [0.2, 0.25) is 0 Å². The summed E-state index contributed by atoms with van der Waals surface area (Å²) < 4.78 is 4.76. The SMILES string of the molecule is NC(C(=O)c1ccno1)c1ccccc1. The third-order valence-electron chi connectivity index (χ3n) is 2.12. The second kappa shape index (κ2) is 4.06. The van der Waals surface area contributed by atoms with Crippen LogP contribution in [0.1, 0.15) is 22.2 Å². The molecule has 2 aromatic rings. The van der Waals surface area contributed by atoms with Gasteiger partial charge < -0.3 is 10.3 Å². The largest absolute Gasteiger partial charge is 0.353 e. The molecule has 0 fully saturated rings. The Hall–Kier alpha value is -1.94. The van der Waals surface area contributed by atoms with Crippen molar-refractivity contribution in [3.05, 3.63) is 53.9 Å². The van der Waals surface area contributed by atoms with Crippen LogP contribution in [0.4, 0.5) is 0 Å². The van der Waals surface area contributed by atoms with Gasteiger partial charge in [0.25, 0.3) is 0 Å². The number of nitrogens with zero attached hydrogens (tertiary/aromatic N) is 1. The fourth-order valence-electron chi connectivity index (χ4n) is 1.31. The van der Waals surface area contributed by atoms with Gasteiger partial charge in [0.1, 0.15) is 0 Å². The minimum Gasteiger partial charge on any atom is -0.353 e. The molecule has 0 saturated heterocycles. The van der Waals surface area contributed by atoms with E-state index in [1.165, 1.54) is 12.3 Å². The summed E-state index contributed by atoms with van der Waals surface area (Å²) in [6.07, 6.45) is 1.42. The maximum absolute atomic E-state index is 11.7. The average molecular weight is 202 g/mol. The molecule has 0 aliphatic heterocycles. The first-order valence-electron chi connectivity index (χ1n) is 4.54.